The average Bonchev–Trinajstić information content (AvgIpc) is 2.32. The van der Waals surface area contributed by atoms with Crippen LogP contribution >= 0.6 is 0 Å². The van der Waals surface area contributed by atoms with Crippen LogP contribution in [0.5, 0.6) is 0 Å². The maximum atomic E-state index is 12.5. The Morgan fingerprint density at radius 2 is 1.84 bits per heavy atom. The lowest BCUT2D eigenvalue weighted by molar-refractivity contribution is -0.153. The lowest BCUT2D eigenvalue weighted by atomic mass is 9.86. The van der Waals surface area contributed by atoms with Crippen molar-refractivity contribution in [2.45, 2.75) is 66.5 Å². The smallest absolute Gasteiger partial charge is 0.245 e. The molecule has 0 aromatic heterocycles. The van der Waals surface area contributed by atoms with Crippen LogP contribution in [-0.2, 0) is 9.59 Å². The van der Waals surface area contributed by atoms with Gasteiger partial charge in [0.1, 0.15) is 12.1 Å². The zero-order valence-electron chi connectivity index (χ0n) is 13.1. The molecule has 0 aromatic rings. The number of carbonyl (C=O) groups excluding carboxylic acids is 2. The van der Waals surface area contributed by atoms with Crippen LogP contribution in [0.4, 0.5) is 0 Å². The van der Waals surface area contributed by atoms with Crippen molar-refractivity contribution in [3.63, 3.8) is 0 Å². The zero-order valence-corrected chi connectivity index (χ0v) is 13.1. The lowest BCUT2D eigenvalue weighted by Gasteiger charge is -2.44. The zero-order chi connectivity index (χ0) is 14.8. The van der Waals surface area contributed by atoms with E-state index in [1.165, 1.54) is 0 Å². The molecule has 0 spiro atoms. The molecule has 0 radical (unpaired) electrons. The Balaban J connectivity index is 3.02. The predicted molar refractivity (Wildman–Crippen MR) is 76.6 cm³/mol. The van der Waals surface area contributed by atoms with E-state index in [1.807, 2.05) is 20.8 Å². The SMILES string of the molecule is CCC1NC(=O)C(C(C)C)N(CC(C)(C)CC)C1=O. The minimum absolute atomic E-state index is 0.00615. The van der Waals surface area contributed by atoms with Gasteiger partial charge in [-0.15, -0.1) is 0 Å². The molecule has 1 N–H and O–H groups in total. The standard InChI is InChI=1S/C15H28N2O2/c1-7-11-14(19)17(9-15(5,6)8-2)12(10(3)4)13(18)16-11/h10-12H,7-9H2,1-6H3,(H,16,18). The van der Waals surface area contributed by atoms with E-state index in [-0.39, 0.29) is 35.2 Å². The van der Waals surface area contributed by atoms with Crippen LogP contribution in [0, 0.1) is 11.3 Å². The van der Waals surface area contributed by atoms with Gasteiger partial charge in [-0.2, -0.15) is 0 Å². The number of nitrogens with zero attached hydrogens (tertiary/aromatic N) is 1. The maximum absolute atomic E-state index is 12.5. The van der Waals surface area contributed by atoms with Gasteiger partial charge in [0.05, 0.1) is 0 Å². The average molecular weight is 268 g/mol. The Morgan fingerprint density at radius 3 is 2.26 bits per heavy atom. The van der Waals surface area contributed by atoms with Gasteiger partial charge in [-0.25, -0.2) is 0 Å². The summed E-state index contributed by atoms with van der Waals surface area (Å²) in [6.45, 7) is 13.0. The number of nitrogens with one attached hydrogen (secondary N) is 1. The third-order valence-corrected chi connectivity index (χ3v) is 4.10. The lowest BCUT2D eigenvalue weighted by Crippen LogP contribution is -2.65. The molecule has 19 heavy (non-hydrogen) atoms. The van der Waals surface area contributed by atoms with E-state index >= 15 is 0 Å². The minimum Gasteiger partial charge on any atom is -0.343 e. The molecule has 4 heteroatoms. The van der Waals surface area contributed by atoms with Crippen molar-refractivity contribution >= 4 is 11.8 Å². The molecule has 1 heterocycles. The van der Waals surface area contributed by atoms with E-state index in [0.717, 1.165) is 6.42 Å². The van der Waals surface area contributed by atoms with Crippen molar-refractivity contribution in [2.75, 3.05) is 6.54 Å². The van der Waals surface area contributed by atoms with Gasteiger partial charge >= 0.3 is 0 Å². The number of carbonyl (C=O) groups is 2. The van der Waals surface area contributed by atoms with Crippen molar-refractivity contribution in [2.24, 2.45) is 11.3 Å². The highest BCUT2D eigenvalue weighted by molar-refractivity contribution is 5.97. The van der Waals surface area contributed by atoms with Crippen molar-refractivity contribution in [3.8, 4) is 0 Å². The van der Waals surface area contributed by atoms with Crippen LogP contribution in [-0.4, -0.2) is 35.3 Å². The third kappa shape index (κ3) is 3.48. The first-order valence-electron chi connectivity index (χ1n) is 7.34. The molecule has 1 aliphatic heterocycles. The normalized spacial score (nSPS) is 24.9. The number of hydrogen-bond donors (Lipinski definition) is 1. The fraction of sp³-hybridized carbons (Fsp3) is 0.867. The van der Waals surface area contributed by atoms with E-state index in [4.69, 9.17) is 0 Å². The Labute approximate surface area is 116 Å². The first-order chi connectivity index (χ1) is 8.73. The van der Waals surface area contributed by atoms with Gasteiger partial charge in [-0.1, -0.05) is 41.5 Å². The Bertz CT molecular complexity index is 350. The largest absolute Gasteiger partial charge is 0.343 e. The second-order valence-electron chi connectivity index (χ2n) is 6.64. The summed E-state index contributed by atoms with van der Waals surface area (Å²) in [6.07, 6.45) is 1.64. The highest BCUT2D eigenvalue weighted by atomic mass is 16.2. The summed E-state index contributed by atoms with van der Waals surface area (Å²) in [5.41, 5.74) is 0.0404. The predicted octanol–water partition coefficient (Wildman–Crippen LogP) is 2.18. The molecule has 1 fully saturated rings. The van der Waals surface area contributed by atoms with Crippen LogP contribution in [0.2, 0.25) is 0 Å². The van der Waals surface area contributed by atoms with E-state index in [1.54, 1.807) is 4.90 Å². The van der Waals surface area contributed by atoms with Gasteiger partial charge < -0.3 is 10.2 Å². The van der Waals surface area contributed by atoms with Crippen LogP contribution in [0.1, 0.15) is 54.4 Å². The van der Waals surface area contributed by atoms with Gasteiger partial charge in [0.25, 0.3) is 0 Å². The molecule has 1 rings (SSSR count). The van der Waals surface area contributed by atoms with Gasteiger partial charge in [0, 0.05) is 6.54 Å². The summed E-state index contributed by atoms with van der Waals surface area (Å²) in [7, 11) is 0. The van der Waals surface area contributed by atoms with Gasteiger partial charge in [0.2, 0.25) is 11.8 Å². The topological polar surface area (TPSA) is 49.4 Å². The van der Waals surface area contributed by atoms with E-state index < -0.39 is 0 Å². The Kier molecular flexibility index (Phi) is 4.99. The van der Waals surface area contributed by atoms with Gasteiger partial charge in [0.15, 0.2) is 0 Å². The van der Waals surface area contributed by atoms with Crippen molar-refractivity contribution in [1.82, 2.24) is 10.2 Å². The fourth-order valence-electron chi connectivity index (χ4n) is 2.49. The highest BCUT2D eigenvalue weighted by Crippen LogP contribution is 2.27. The molecule has 2 unspecified atom stereocenters. The van der Waals surface area contributed by atoms with Crippen LogP contribution in [0.3, 0.4) is 0 Å². The molecule has 1 aliphatic rings. The fourth-order valence-corrected chi connectivity index (χ4v) is 2.49. The van der Waals surface area contributed by atoms with Gasteiger partial charge in [-0.05, 0) is 24.2 Å². The minimum atomic E-state index is -0.352. The molecule has 2 atom stereocenters. The van der Waals surface area contributed by atoms with E-state index in [0.29, 0.717) is 13.0 Å². The van der Waals surface area contributed by atoms with Crippen molar-refractivity contribution < 1.29 is 9.59 Å². The molecule has 2 amide bonds. The molecule has 110 valence electrons. The van der Waals surface area contributed by atoms with Crippen molar-refractivity contribution in [1.29, 1.82) is 0 Å². The number of amides is 2. The molecule has 4 nitrogen and oxygen atoms in total. The highest BCUT2D eigenvalue weighted by Gasteiger charge is 2.42. The van der Waals surface area contributed by atoms with Crippen LogP contribution in [0.15, 0.2) is 0 Å². The van der Waals surface area contributed by atoms with Crippen LogP contribution in [0.25, 0.3) is 0 Å². The number of hydrogen-bond acceptors (Lipinski definition) is 2. The Hall–Kier alpha value is -1.06. The molecule has 0 bridgehead atoms. The molecule has 0 saturated carbocycles. The van der Waals surface area contributed by atoms with E-state index in [2.05, 4.69) is 26.1 Å². The third-order valence-electron chi connectivity index (χ3n) is 4.10. The second-order valence-corrected chi connectivity index (χ2v) is 6.64. The number of piperazine rings is 1. The summed E-state index contributed by atoms with van der Waals surface area (Å²) < 4.78 is 0. The Morgan fingerprint density at radius 1 is 1.26 bits per heavy atom. The summed E-state index contributed by atoms with van der Waals surface area (Å²) >= 11 is 0. The summed E-state index contributed by atoms with van der Waals surface area (Å²) in [6, 6.07) is -0.684. The molecular formula is C15H28N2O2. The summed E-state index contributed by atoms with van der Waals surface area (Å²) in [5.74, 6) is 0.199. The second kappa shape index (κ2) is 5.93. The van der Waals surface area contributed by atoms with Gasteiger partial charge in [-0.3, -0.25) is 9.59 Å². The van der Waals surface area contributed by atoms with Crippen LogP contribution < -0.4 is 5.32 Å². The van der Waals surface area contributed by atoms with E-state index in [9.17, 15) is 9.59 Å². The summed E-state index contributed by atoms with van der Waals surface area (Å²) in [4.78, 5) is 26.6. The molecule has 1 saturated heterocycles. The first-order valence-corrected chi connectivity index (χ1v) is 7.34. The molecule has 0 aliphatic carbocycles. The first kappa shape index (κ1) is 16.0. The quantitative estimate of drug-likeness (QED) is 0.831. The number of rotatable bonds is 5. The summed E-state index contributed by atoms with van der Waals surface area (Å²) in [5, 5.41) is 2.85. The maximum Gasteiger partial charge on any atom is 0.245 e. The monoisotopic (exact) mass is 268 g/mol. The van der Waals surface area contributed by atoms with Crippen molar-refractivity contribution in [3.05, 3.63) is 0 Å². The molecular weight excluding hydrogens is 240 g/mol. The molecule has 0 aromatic carbocycles.